The van der Waals surface area contributed by atoms with E-state index in [-0.39, 0.29) is 21.7 Å². The van der Waals surface area contributed by atoms with E-state index in [9.17, 15) is 20.4 Å². The Bertz CT molecular complexity index is 161. The summed E-state index contributed by atoms with van der Waals surface area (Å²) in [6, 6.07) is 0. The average Bonchev–Trinajstić information content (AvgIpc) is 2.39. The molecule has 0 aromatic rings. The fourth-order valence-corrected chi connectivity index (χ4v) is 1.78. The summed E-state index contributed by atoms with van der Waals surface area (Å²) < 4.78 is 0. The maximum absolute atomic E-state index is 9.89. The molecule has 9 heteroatoms. The van der Waals surface area contributed by atoms with Gasteiger partial charge in [0.25, 0.3) is 0 Å². The Balaban J connectivity index is -0.0000000702. The first kappa shape index (κ1) is 37.5. The predicted molar refractivity (Wildman–Crippen MR) is 98.2 cm³/mol. The Labute approximate surface area is 189 Å². The first-order valence-corrected chi connectivity index (χ1v) is 10.0. The van der Waals surface area contributed by atoms with Crippen LogP contribution in [0, 0.1) is 0 Å². The van der Waals surface area contributed by atoms with Gasteiger partial charge in [-0.1, -0.05) is 79.1 Å². The van der Waals surface area contributed by atoms with Gasteiger partial charge in [0, 0.05) is 0 Å². The SMILES string of the molecule is CCCC([O-])Cl.CCCC([O-])Cl.CCCC([O-])Cl.CCCC([O-])Cl.[Ti+4]. The topological polar surface area (TPSA) is 92.2 Å². The third-order valence-corrected chi connectivity index (χ3v) is 2.94. The Kier molecular flexibility index (Phi) is 49.9. The predicted octanol–water partition coefficient (Wildman–Crippen LogP) is 2.84. The van der Waals surface area contributed by atoms with E-state index in [2.05, 4.69) is 0 Å². The summed E-state index contributed by atoms with van der Waals surface area (Å²) in [5.74, 6) is 0. The van der Waals surface area contributed by atoms with Gasteiger partial charge in [0.1, 0.15) is 0 Å². The number of hydrogen-bond donors (Lipinski definition) is 0. The third kappa shape index (κ3) is 76.9. The summed E-state index contributed by atoms with van der Waals surface area (Å²) in [6.45, 7) is 7.75. The normalized spacial score (nSPS) is 13.9. The maximum Gasteiger partial charge on any atom is 4.00 e. The average molecular weight is 478 g/mol. The van der Waals surface area contributed by atoms with Crippen molar-refractivity contribution in [3.05, 3.63) is 0 Å². The van der Waals surface area contributed by atoms with Crippen molar-refractivity contribution < 1.29 is 42.1 Å². The molecular formula is C16H32Cl4O4Ti. The second kappa shape index (κ2) is 33.3. The number of hydrogen-bond acceptors (Lipinski definition) is 4. The molecule has 152 valence electrons. The quantitative estimate of drug-likeness (QED) is 0.397. The zero-order valence-corrected chi connectivity index (χ0v) is 20.2. The summed E-state index contributed by atoms with van der Waals surface area (Å²) in [7, 11) is 0. The van der Waals surface area contributed by atoms with Crippen molar-refractivity contribution in [3.63, 3.8) is 0 Å². The van der Waals surface area contributed by atoms with Crippen LogP contribution in [0.15, 0.2) is 0 Å². The van der Waals surface area contributed by atoms with Gasteiger partial charge in [-0.25, -0.2) is 0 Å². The van der Waals surface area contributed by atoms with Crippen molar-refractivity contribution >= 4 is 46.4 Å². The monoisotopic (exact) mass is 476 g/mol. The smallest absolute Gasteiger partial charge is 0.840 e. The standard InChI is InChI=1S/4C4H8ClO.Ti/c4*1-2-3-4(5)6;/h4*4H,2-3H2,1H3;/q4*-1;+4. The van der Waals surface area contributed by atoms with Crippen LogP contribution in [0.4, 0.5) is 0 Å². The van der Waals surface area contributed by atoms with Gasteiger partial charge in [-0.15, -0.1) is 46.4 Å². The maximum atomic E-state index is 9.89. The molecule has 0 rings (SSSR count). The molecule has 4 atom stereocenters. The Morgan fingerprint density at radius 1 is 0.480 bits per heavy atom. The van der Waals surface area contributed by atoms with Crippen molar-refractivity contribution in [1.82, 2.24) is 0 Å². The van der Waals surface area contributed by atoms with E-state index >= 15 is 0 Å². The molecule has 0 fully saturated rings. The van der Waals surface area contributed by atoms with Crippen molar-refractivity contribution in [1.29, 1.82) is 0 Å². The largest absolute Gasteiger partial charge is 4.00 e. The first-order chi connectivity index (χ1) is 11.1. The van der Waals surface area contributed by atoms with Gasteiger partial charge in [-0.05, 0) is 22.3 Å². The minimum Gasteiger partial charge on any atom is -0.840 e. The van der Waals surface area contributed by atoms with E-state index in [0.29, 0.717) is 25.7 Å². The van der Waals surface area contributed by atoms with Crippen LogP contribution >= 0.6 is 46.4 Å². The van der Waals surface area contributed by atoms with Crippen LogP contribution in [0.3, 0.4) is 0 Å². The van der Waals surface area contributed by atoms with Crippen molar-refractivity contribution in [2.24, 2.45) is 0 Å². The van der Waals surface area contributed by atoms with E-state index in [0.717, 1.165) is 25.7 Å². The summed E-state index contributed by atoms with van der Waals surface area (Å²) >= 11 is 20.1. The Morgan fingerprint density at radius 2 is 0.600 bits per heavy atom. The zero-order chi connectivity index (χ0) is 20.0. The summed E-state index contributed by atoms with van der Waals surface area (Å²) in [4.78, 5) is 0. The number of halogens is 4. The molecule has 0 aliphatic rings. The summed E-state index contributed by atoms with van der Waals surface area (Å²) in [5.41, 5.74) is -3.52. The fraction of sp³-hybridized carbons (Fsp3) is 1.00. The Hall–Kier alpha value is 1.71. The molecule has 0 aromatic heterocycles. The van der Waals surface area contributed by atoms with Crippen LogP contribution in [0.25, 0.3) is 0 Å². The second-order valence-electron chi connectivity index (χ2n) is 4.79. The van der Waals surface area contributed by atoms with Crippen molar-refractivity contribution in [3.8, 4) is 0 Å². The molecule has 0 bridgehead atoms. The van der Waals surface area contributed by atoms with Crippen LogP contribution in [-0.4, -0.2) is 22.3 Å². The van der Waals surface area contributed by atoms with Crippen molar-refractivity contribution in [2.75, 3.05) is 0 Å². The minimum atomic E-state index is -0.880. The van der Waals surface area contributed by atoms with E-state index in [1.165, 1.54) is 0 Å². The molecule has 0 radical (unpaired) electrons. The van der Waals surface area contributed by atoms with Gasteiger partial charge < -0.3 is 20.4 Å². The molecule has 25 heavy (non-hydrogen) atoms. The molecule has 0 saturated carbocycles. The molecule has 0 saturated heterocycles. The van der Waals surface area contributed by atoms with Crippen LogP contribution in [0.1, 0.15) is 79.1 Å². The molecule has 0 aliphatic carbocycles. The molecule has 0 aromatic carbocycles. The van der Waals surface area contributed by atoms with Crippen molar-refractivity contribution in [2.45, 2.75) is 101 Å². The second-order valence-corrected chi connectivity index (χ2v) is 6.74. The van der Waals surface area contributed by atoms with E-state index < -0.39 is 22.3 Å². The van der Waals surface area contributed by atoms with E-state index in [1.807, 2.05) is 27.7 Å². The van der Waals surface area contributed by atoms with Gasteiger partial charge in [-0.2, -0.15) is 0 Å². The molecular weight excluding hydrogens is 446 g/mol. The summed E-state index contributed by atoms with van der Waals surface area (Å²) in [6.07, 6.45) is 5.89. The third-order valence-electron chi connectivity index (χ3n) is 2.06. The molecule has 0 spiro atoms. The molecule has 0 heterocycles. The van der Waals surface area contributed by atoms with Crippen LogP contribution in [0.5, 0.6) is 0 Å². The van der Waals surface area contributed by atoms with Crippen LogP contribution in [0.2, 0.25) is 0 Å². The first-order valence-electron chi connectivity index (χ1n) is 8.28. The van der Waals surface area contributed by atoms with Gasteiger partial charge >= 0.3 is 21.7 Å². The zero-order valence-electron chi connectivity index (χ0n) is 15.6. The summed E-state index contributed by atoms with van der Waals surface area (Å²) in [5, 5.41) is 39.6. The Morgan fingerprint density at radius 3 is 0.600 bits per heavy atom. The van der Waals surface area contributed by atoms with Crippen LogP contribution in [-0.2, 0) is 21.7 Å². The molecule has 4 unspecified atom stereocenters. The number of rotatable bonds is 8. The van der Waals surface area contributed by atoms with Gasteiger partial charge in [0.15, 0.2) is 0 Å². The molecule has 0 aliphatic heterocycles. The molecule has 4 nitrogen and oxygen atoms in total. The fourth-order valence-electron chi connectivity index (χ4n) is 0.908. The minimum absolute atomic E-state index is 0. The van der Waals surface area contributed by atoms with Crippen LogP contribution < -0.4 is 20.4 Å². The molecule has 0 amide bonds. The number of alkyl halides is 4. The van der Waals surface area contributed by atoms with E-state index in [1.54, 1.807) is 0 Å². The molecule has 0 N–H and O–H groups in total. The van der Waals surface area contributed by atoms with Gasteiger partial charge in [0.2, 0.25) is 0 Å². The van der Waals surface area contributed by atoms with Gasteiger partial charge in [0.05, 0.1) is 0 Å². The van der Waals surface area contributed by atoms with E-state index in [4.69, 9.17) is 46.4 Å². The van der Waals surface area contributed by atoms with Gasteiger partial charge in [-0.3, -0.25) is 0 Å².